The van der Waals surface area contributed by atoms with Crippen LogP contribution >= 0.6 is 0 Å². The molecule has 27 heavy (non-hydrogen) atoms. The van der Waals surface area contributed by atoms with Gasteiger partial charge in [-0.2, -0.15) is 0 Å². The highest BCUT2D eigenvalue weighted by atomic mass is 16.1. The molecule has 0 saturated heterocycles. The molecular formula is C23H25N3O. The van der Waals surface area contributed by atoms with Gasteiger partial charge in [-0.05, 0) is 43.0 Å². The van der Waals surface area contributed by atoms with E-state index in [2.05, 4.69) is 39.9 Å². The van der Waals surface area contributed by atoms with Crippen molar-refractivity contribution in [2.24, 2.45) is 0 Å². The lowest BCUT2D eigenvalue weighted by molar-refractivity contribution is 0.0939. The Morgan fingerprint density at radius 1 is 0.963 bits per heavy atom. The van der Waals surface area contributed by atoms with Gasteiger partial charge in [0, 0.05) is 12.7 Å². The van der Waals surface area contributed by atoms with Crippen LogP contribution in [0, 0.1) is 0 Å². The predicted octanol–water partition coefficient (Wildman–Crippen LogP) is 4.62. The summed E-state index contributed by atoms with van der Waals surface area (Å²) >= 11 is 0. The van der Waals surface area contributed by atoms with Crippen LogP contribution in [-0.2, 0) is 6.42 Å². The zero-order chi connectivity index (χ0) is 18.9. The van der Waals surface area contributed by atoms with Crippen LogP contribution in [0.2, 0.25) is 0 Å². The minimum Gasteiger partial charge on any atom is -0.370 e. The monoisotopic (exact) mass is 359 g/mol. The van der Waals surface area contributed by atoms with Crippen molar-refractivity contribution in [2.75, 3.05) is 11.9 Å². The van der Waals surface area contributed by atoms with Crippen molar-refractivity contribution in [2.45, 2.75) is 25.8 Å². The number of pyridine rings is 1. The fraction of sp³-hybridized carbons (Fsp3) is 0.217. The third-order valence-corrected chi connectivity index (χ3v) is 4.46. The van der Waals surface area contributed by atoms with Gasteiger partial charge in [0.15, 0.2) is 0 Å². The van der Waals surface area contributed by atoms with Crippen LogP contribution in [0.1, 0.15) is 40.9 Å². The molecule has 1 unspecified atom stereocenters. The number of carbonyl (C=O) groups excluding carboxylic acids is 1. The summed E-state index contributed by atoms with van der Waals surface area (Å²) in [4.78, 5) is 16.7. The SMILES string of the molecule is CC(NC(=O)c1ccc(NCCCc2ccccc2)nc1)c1ccccc1. The van der Waals surface area contributed by atoms with E-state index in [1.807, 2.05) is 49.4 Å². The molecule has 2 aromatic carbocycles. The van der Waals surface area contributed by atoms with E-state index in [0.29, 0.717) is 5.56 Å². The van der Waals surface area contributed by atoms with Gasteiger partial charge >= 0.3 is 0 Å². The lowest BCUT2D eigenvalue weighted by Gasteiger charge is -2.14. The zero-order valence-electron chi connectivity index (χ0n) is 15.6. The quantitative estimate of drug-likeness (QED) is 0.577. The number of hydrogen-bond donors (Lipinski definition) is 2. The van der Waals surface area contributed by atoms with E-state index in [9.17, 15) is 4.79 Å². The van der Waals surface area contributed by atoms with Crippen molar-refractivity contribution in [1.29, 1.82) is 0 Å². The highest BCUT2D eigenvalue weighted by Crippen LogP contribution is 2.13. The van der Waals surface area contributed by atoms with Gasteiger partial charge in [-0.1, -0.05) is 60.7 Å². The van der Waals surface area contributed by atoms with Crippen molar-refractivity contribution >= 4 is 11.7 Å². The number of nitrogens with zero attached hydrogens (tertiary/aromatic N) is 1. The second-order valence-electron chi connectivity index (χ2n) is 6.55. The third kappa shape index (κ3) is 5.68. The third-order valence-electron chi connectivity index (χ3n) is 4.46. The smallest absolute Gasteiger partial charge is 0.253 e. The molecule has 0 spiro atoms. The van der Waals surface area contributed by atoms with E-state index < -0.39 is 0 Å². The summed E-state index contributed by atoms with van der Waals surface area (Å²) in [5, 5.41) is 6.31. The first-order valence-corrected chi connectivity index (χ1v) is 9.32. The van der Waals surface area contributed by atoms with Gasteiger partial charge in [0.1, 0.15) is 5.82 Å². The van der Waals surface area contributed by atoms with Gasteiger partial charge in [-0.3, -0.25) is 4.79 Å². The Labute approximate surface area is 160 Å². The molecule has 1 aromatic heterocycles. The molecule has 3 aromatic rings. The maximum Gasteiger partial charge on any atom is 0.253 e. The van der Waals surface area contributed by atoms with Gasteiger partial charge in [-0.15, -0.1) is 0 Å². The molecule has 1 atom stereocenters. The molecule has 3 rings (SSSR count). The fourth-order valence-electron chi connectivity index (χ4n) is 2.89. The van der Waals surface area contributed by atoms with Gasteiger partial charge < -0.3 is 10.6 Å². The number of nitrogens with one attached hydrogen (secondary N) is 2. The minimum atomic E-state index is -0.116. The maximum absolute atomic E-state index is 12.4. The van der Waals surface area contributed by atoms with Crippen LogP contribution in [0.4, 0.5) is 5.82 Å². The molecule has 2 N–H and O–H groups in total. The molecule has 0 saturated carbocycles. The molecule has 0 aliphatic carbocycles. The van der Waals surface area contributed by atoms with Crippen molar-refractivity contribution in [3.63, 3.8) is 0 Å². The van der Waals surface area contributed by atoms with Crippen molar-refractivity contribution in [1.82, 2.24) is 10.3 Å². The van der Waals surface area contributed by atoms with Crippen LogP contribution < -0.4 is 10.6 Å². The molecule has 0 fully saturated rings. The number of hydrogen-bond acceptors (Lipinski definition) is 3. The van der Waals surface area contributed by atoms with E-state index in [4.69, 9.17) is 0 Å². The predicted molar refractivity (Wildman–Crippen MR) is 110 cm³/mol. The molecule has 138 valence electrons. The van der Waals surface area contributed by atoms with Crippen LogP contribution in [0.5, 0.6) is 0 Å². The Morgan fingerprint density at radius 3 is 2.33 bits per heavy atom. The van der Waals surface area contributed by atoms with Crippen LogP contribution in [0.25, 0.3) is 0 Å². The number of carbonyl (C=O) groups is 1. The van der Waals surface area contributed by atoms with E-state index in [1.165, 1.54) is 5.56 Å². The van der Waals surface area contributed by atoms with Crippen molar-refractivity contribution in [3.8, 4) is 0 Å². The van der Waals surface area contributed by atoms with E-state index >= 15 is 0 Å². The zero-order valence-corrected chi connectivity index (χ0v) is 15.6. The minimum absolute atomic E-state index is 0.0468. The number of aryl methyl sites for hydroxylation is 1. The topological polar surface area (TPSA) is 54.0 Å². The molecular weight excluding hydrogens is 334 g/mol. The maximum atomic E-state index is 12.4. The molecule has 0 aliphatic heterocycles. The first kappa shape index (κ1) is 18.6. The summed E-state index contributed by atoms with van der Waals surface area (Å²) in [6, 6.07) is 24.0. The van der Waals surface area contributed by atoms with Gasteiger partial charge in [0.05, 0.1) is 11.6 Å². The lowest BCUT2D eigenvalue weighted by Crippen LogP contribution is -2.26. The molecule has 4 heteroatoms. The first-order valence-electron chi connectivity index (χ1n) is 9.32. The number of rotatable bonds is 8. The van der Waals surface area contributed by atoms with Crippen LogP contribution in [0.15, 0.2) is 79.0 Å². The van der Waals surface area contributed by atoms with Gasteiger partial charge in [-0.25, -0.2) is 4.98 Å². The van der Waals surface area contributed by atoms with E-state index in [1.54, 1.807) is 12.3 Å². The summed E-state index contributed by atoms with van der Waals surface area (Å²) in [5.41, 5.74) is 2.98. The van der Waals surface area contributed by atoms with E-state index in [-0.39, 0.29) is 11.9 Å². The van der Waals surface area contributed by atoms with Crippen molar-refractivity contribution < 1.29 is 4.79 Å². The Hall–Kier alpha value is -3.14. The second kappa shape index (κ2) is 9.53. The van der Waals surface area contributed by atoms with Crippen LogP contribution in [-0.4, -0.2) is 17.4 Å². The average molecular weight is 359 g/mol. The molecule has 0 aliphatic rings. The Kier molecular flexibility index (Phi) is 6.58. The fourth-order valence-corrected chi connectivity index (χ4v) is 2.89. The summed E-state index contributed by atoms with van der Waals surface area (Å²) in [6.07, 6.45) is 3.68. The molecule has 0 bridgehead atoms. The standard InChI is InChI=1S/C23H25N3O/c1-18(20-12-6-3-7-13-20)26-23(27)21-14-15-22(25-17-21)24-16-8-11-19-9-4-2-5-10-19/h2-7,9-10,12-15,17-18H,8,11,16H2,1H3,(H,24,25)(H,26,27). The molecule has 0 radical (unpaired) electrons. The lowest BCUT2D eigenvalue weighted by atomic mass is 10.1. The number of anilines is 1. The molecule has 1 amide bonds. The summed E-state index contributed by atoms with van der Waals surface area (Å²) in [5.74, 6) is 0.671. The second-order valence-corrected chi connectivity index (χ2v) is 6.55. The number of benzene rings is 2. The van der Waals surface area contributed by atoms with Gasteiger partial charge in [0.25, 0.3) is 5.91 Å². The molecule has 1 heterocycles. The number of amides is 1. The average Bonchev–Trinajstić information content (AvgIpc) is 2.73. The Morgan fingerprint density at radius 2 is 1.67 bits per heavy atom. The normalized spacial score (nSPS) is 11.6. The Balaban J connectivity index is 1.46. The highest BCUT2D eigenvalue weighted by Gasteiger charge is 2.11. The Bertz CT molecular complexity index is 833. The number of aromatic nitrogens is 1. The summed E-state index contributed by atoms with van der Waals surface area (Å²) < 4.78 is 0. The molecule has 4 nitrogen and oxygen atoms in total. The highest BCUT2D eigenvalue weighted by molar-refractivity contribution is 5.94. The largest absolute Gasteiger partial charge is 0.370 e. The van der Waals surface area contributed by atoms with Crippen LogP contribution in [0.3, 0.4) is 0 Å². The van der Waals surface area contributed by atoms with E-state index in [0.717, 1.165) is 30.8 Å². The van der Waals surface area contributed by atoms with Gasteiger partial charge in [0.2, 0.25) is 0 Å². The van der Waals surface area contributed by atoms with Crippen molar-refractivity contribution in [3.05, 3.63) is 95.7 Å². The summed E-state index contributed by atoms with van der Waals surface area (Å²) in [7, 11) is 0. The summed E-state index contributed by atoms with van der Waals surface area (Å²) in [6.45, 7) is 2.82. The first-order chi connectivity index (χ1) is 13.2.